The Kier molecular flexibility index (Phi) is 8.15. The minimum Gasteiger partial charge on any atom is -0.416 e. The molecule has 0 bridgehead atoms. The van der Waals surface area contributed by atoms with Gasteiger partial charge in [-0.1, -0.05) is 35.4 Å². The van der Waals surface area contributed by atoms with Crippen LogP contribution in [0.1, 0.15) is 17.4 Å². The number of aryl methyl sites for hydroxylation is 2. The van der Waals surface area contributed by atoms with Gasteiger partial charge in [0.1, 0.15) is 23.4 Å². The Morgan fingerprint density at radius 3 is 2.11 bits per heavy atom. The summed E-state index contributed by atoms with van der Waals surface area (Å²) in [6, 6.07) is 14.5. The van der Waals surface area contributed by atoms with Crippen LogP contribution in [0.4, 0.5) is 19.0 Å². The molecule has 14 heteroatoms. The van der Waals surface area contributed by atoms with Gasteiger partial charge >= 0.3 is 12.4 Å². The van der Waals surface area contributed by atoms with Crippen LogP contribution in [-0.4, -0.2) is 45.6 Å². The Balaban J connectivity index is 1.64. The molecule has 1 aliphatic rings. The van der Waals surface area contributed by atoms with Crippen molar-refractivity contribution >= 4 is 24.3 Å². The number of rotatable bonds is 9. The van der Waals surface area contributed by atoms with Gasteiger partial charge in [0, 0.05) is 18.0 Å². The number of nitrogens with two attached hydrogens (primary N) is 1. The summed E-state index contributed by atoms with van der Waals surface area (Å²) in [6.07, 6.45) is -9.13. The fraction of sp³-hybridized carbons (Fsp3) is 0.333. The monoisotopic (exact) mass is 571 g/mol. The lowest BCUT2D eigenvalue weighted by Gasteiger charge is -2.32. The van der Waals surface area contributed by atoms with Gasteiger partial charge in [-0.25, -0.2) is 18.0 Å². The van der Waals surface area contributed by atoms with Crippen molar-refractivity contribution in [3.8, 4) is 11.5 Å². The van der Waals surface area contributed by atoms with E-state index in [1.807, 2.05) is 13.8 Å². The fourth-order valence-electron chi connectivity index (χ4n) is 3.69. The number of halogens is 3. The molecule has 1 aliphatic heterocycles. The van der Waals surface area contributed by atoms with E-state index in [0.717, 1.165) is 17.3 Å². The molecular weight excluding hydrogens is 546 g/mol. The summed E-state index contributed by atoms with van der Waals surface area (Å²) < 4.78 is 67.3. The van der Waals surface area contributed by atoms with Crippen molar-refractivity contribution in [2.45, 2.75) is 44.4 Å². The molecule has 9 nitrogen and oxygen atoms in total. The smallest absolute Gasteiger partial charge is 0.416 e. The third-order valence-electron chi connectivity index (χ3n) is 5.82. The summed E-state index contributed by atoms with van der Waals surface area (Å²) in [4.78, 5) is 15.7. The van der Waals surface area contributed by atoms with Crippen molar-refractivity contribution < 1.29 is 36.6 Å². The van der Waals surface area contributed by atoms with Crippen molar-refractivity contribution in [3.63, 3.8) is 0 Å². The molecule has 0 aliphatic carbocycles. The quantitative estimate of drug-likeness (QED) is 0.367. The Morgan fingerprint density at radius 1 is 1.11 bits per heavy atom. The van der Waals surface area contributed by atoms with E-state index in [9.17, 15) is 18.7 Å². The second kappa shape index (κ2) is 11.0. The van der Waals surface area contributed by atoms with Crippen LogP contribution >= 0.6 is 6.72 Å². The highest BCUT2D eigenvalue weighted by molar-refractivity contribution is 8.07. The van der Waals surface area contributed by atoms with Gasteiger partial charge < -0.3 is 24.6 Å². The SMILES string of the molecule is Cc1ccc(OP(=S)(OC[C@@]2(C(F)F)O[C@@H](n3ccc(N)nc3=O)[C@H](O)[C@H]2F)Oc2ccc(C)cc2)cc1. The molecule has 0 saturated carbocycles. The molecule has 2 heterocycles. The standard InChI is InChI=1S/C24H25F3N3O6PS/c1-14-3-7-16(8-4-14)35-37(38,36-17-9-5-15(2)6-10-17)33-13-24(22(26)27)20(25)19(31)21(34-24)30-12-11-18(28)29-23(30)32/h3-12,19-22,31H,13H2,1-2H3,(H2,28,29,32)/t19-,20-,21-,24-/m1/s1. The predicted octanol–water partition coefficient (Wildman–Crippen LogP) is 4.07. The summed E-state index contributed by atoms with van der Waals surface area (Å²) in [5, 5.41) is 10.5. The van der Waals surface area contributed by atoms with Crippen LogP contribution in [0.5, 0.6) is 11.5 Å². The number of nitrogens with zero attached hydrogens (tertiary/aromatic N) is 2. The van der Waals surface area contributed by atoms with Crippen molar-refractivity contribution in [3.05, 3.63) is 82.4 Å². The summed E-state index contributed by atoms with van der Waals surface area (Å²) in [7, 11) is 0. The van der Waals surface area contributed by atoms with Gasteiger partial charge in [-0.2, -0.15) is 4.98 Å². The Hall–Kier alpha value is -2.96. The molecule has 4 rings (SSSR count). The zero-order valence-electron chi connectivity index (χ0n) is 20.2. The summed E-state index contributed by atoms with van der Waals surface area (Å²) in [6.45, 7) is -1.36. The number of anilines is 1. The highest BCUT2D eigenvalue weighted by Gasteiger charge is 2.62. The predicted molar refractivity (Wildman–Crippen MR) is 137 cm³/mol. The molecule has 4 atom stereocenters. The molecule has 0 amide bonds. The average Bonchev–Trinajstić information content (AvgIpc) is 3.12. The van der Waals surface area contributed by atoms with E-state index in [2.05, 4.69) is 4.98 Å². The van der Waals surface area contributed by atoms with Crippen molar-refractivity contribution in [1.29, 1.82) is 0 Å². The lowest BCUT2D eigenvalue weighted by Crippen LogP contribution is -2.50. The minimum absolute atomic E-state index is 0.152. The maximum absolute atomic E-state index is 15.4. The first-order valence-electron chi connectivity index (χ1n) is 11.3. The molecule has 0 unspecified atom stereocenters. The molecule has 0 radical (unpaired) electrons. The largest absolute Gasteiger partial charge is 0.435 e. The number of alkyl halides is 3. The van der Waals surface area contributed by atoms with Gasteiger partial charge in [-0.05, 0) is 44.2 Å². The number of aromatic nitrogens is 2. The van der Waals surface area contributed by atoms with E-state index in [0.29, 0.717) is 4.57 Å². The summed E-state index contributed by atoms with van der Waals surface area (Å²) in [5.74, 6) is 0.318. The van der Waals surface area contributed by atoms with Crippen LogP contribution in [0.2, 0.25) is 0 Å². The van der Waals surface area contributed by atoms with Gasteiger partial charge in [-0.3, -0.25) is 9.09 Å². The summed E-state index contributed by atoms with van der Waals surface area (Å²) in [5.41, 5.74) is 3.27. The van der Waals surface area contributed by atoms with Crippen LogP contribution in [0.15, 0.2) is 65.6 Å². The zero-order chi connectivity index (χ0) is 27.7. The Bertz CT molecular complexity index is 1330. The second-order valence-electron chi connectivity index (χ2n) is 8.73. The van der Waals surface area contributed by atoms with Gasteiger partial charge in [0.05, 0.1) is 6.61 Å². The number of aliphatic hydroxyl groups is 1. The fourth-order valence-corrected chi connectivity index (χ4v) is 5.63. The van der Waals surface area contributed by atoms with E-state index in [4.69, 9.17) is 35.8 Å². The maximum atomic E-state index is 15.4. The Labute approximate surface area is 221 Å². The van der Waals surface area contributed by atoms with Crippen molar-refractivity contribution in [2.75, 3.05) is 12.3 Å². The minimum atomic E-state index is -3.91. The first-order chi connectivity index (χ1) is 17.9. The molecule has 3 N–H and O–H groups in total. The number of aliphatic hydroxyl groups excluding tert-OH is 1. The van der Waals surface area contributed by atoms with Crippen molar-refractivity contribution in [2.24, 2.45) is 0 Å². The second-order valence-corrected chi connectivity index (χ2v) is 11.6. The molecule has 1 aromatic heterocycles. The van der Waals surface area contributed by atoms with E-state index in [1.165, 1.54) is 6.07 Å². The lowest BCUT2D eigenvalue weighted by molar-refractivity contribution is -0.183. The zero-order valence-corrected chi connectivity index (χ0v) is 22.0. The molecule has 1 fully saturated rings. The topological polar surface area (TPSA) is 118 Å². The van der Waals surface area contributed by atoms with Crippen molar-refractivity contribution in [1.82, 2.24) is 9.55 Å². The number of nitrogen functional groups attached to an aromatic ring is 1. The van der Waals surface area contributed by atoms with Gasteiger partial charge in [0.25, 0.3) is 6.43 Å². The summed E-state index contributed by atoms with van der Waals surface area (Å²) >= 11 is 5.51. The number of ether oxygens (including phenoxy) is 1. The number of benzene rings is 2. The first-order valence-corrected chi connectivity index (χ1v) is 13.9. The molecule has 0 spiro atoms. The molecule has 1 saturated heterocycles. The average molecular weight is 572 g/mol. The molecule has 3 aromatic rings. The first kappa shape index (κ1) is 28.1. The molecular formula is C24H25F3N3O6PS. The number of hydrogen-bond donors (Lipinski definition) is 2. The number of hydrogen-bond acceptors (Lipinski definition) is 9. The van der Waals surface area contributed by atoms with Crippen LogP contribution < -0.4 is 20.5 Å². The normalized spacial score (nSPS) is 23.5. The van der Waals surface area contributed by atoms with Gasteiger partial charge in [0.15, 0.2) is 18.0 Å². The van der Waals surface area contributed by atoms with Gasteiger partial charge in [-0.15, -0.1) is 0 Å². The van der Waals surface area contributed by atoms with Crippen LogP contribution in [0.25, 0.3) is 0 Å². The highest BCUT2D eigenvalue weighted by atomic mass is 32.5. The van der Waals surface area contributed by atoms with E-state index < -0.39 is 49.5 Å². The Morgan fingerprint density at radius 2 is 1.63 bits per heavy atom. The van der Waals surface area contributed by atoms with E-state index >= 15 is 4.39 Å². The lowest BCUT2D eigenvalue weighted by atomic mass is 9.98. The molecule has 204 valence electrons. The molecule has 38 heavy (non-hydrogen) atoms. The van der Waals surface area contributed by atoms with Crippen LogP contribution in [0.3, 0.4) is 0 Å². The van der Waals surface area contributed by atoms with Crippen LogP contribution in [0, 0.1) is 13.8 Å². The van der Waals surface area contributed by atoms with Crippen LogP contribution in [-0.2, 0) is 21.1 Å². The third-order valence-corrected chi connectivity index (χ3v) is 7.90. The third kappa shape index (κ3) is 5.87. The highest BCUT2D eigenvalue weighted by Crippen LogP contribution is 2.53. The maximum Gasteiger partial charge on any atom is 0.435 e. The molecule has 2 aromatic carbocycles. The van der Waals surface area contributed by atoms with E-state index in [-0.39, 0.29) is 17.3 Å². The van der Waals surface area contributed by atoms with E-state index in [1.54, 1.807) is 48.5 Å². The van der Waals surface area contributed by atoms with Gasteiger partial charge in [0.2, 0.25) is 0 Å².